The fraction of sp³-hybridized carbons (Fsp3) is 0.500. The molecule has 25 heavy (non-hydrogen) atoms. The fourth-order valence-corrected chi connectivity index (χ4v) is 2.95. The molecule has 3 rings (SSSR count). The Morgan fingerprint density at radius 3 is 2.52 bits per heavy atom. The van der Waals surface area contributed by atoms with Crippen molar-refractivity contribution in [3.05, 3.63) is 35.7 Å². The number of nitrogens with one attached hydrogen (secondary N) is 1. The molecule has 1 saturated heterocycles. The van der Waals surface area contributed by atoms with Gasteiger partial charge < -0.3 is 14.6 Å². The van der Waals surface area contributed by atoms with Crippen LogP contribution < -0.4 is 5.32 Å². The van der Waals surface area contributed by atoms with Crippen molar-refractivity contribution in [2.45, 2.75) is 26.8 Å². The van der Waals surface area contributed by atoms with Gasteiger partial charge in [0.1, 0.15) is 0 Å². The predicted molar refractivity (Wildman–Crippen MR) is 95.1 cm³/mol. The number of urea groups is 1. The molecule has 0 saturated carbocycles. The molecular formula is C18H25N5O2. The van der Waals surface area contributed by atoms with E-state index in [0.717, 1.165) is 18.7 Å². The summed E-state index contributed by atoms with van der Waals surface area (Å²) in [5, 5.41) is 11.2. The minimum atomic E-state index is 0.00857. The Labute approximate surface area is 148 Å². The van der Waals surface area contributed by atoms with Gasteiger partial charge in [-0.05, 0) is 32.9 Å². The van der Waals surface area contributed by atoms with Crippen molar-refractivity contribution in [3.8, 4) is 11.5 Å². The summed E-state index contributed by atoms with van der Waals surface area (Å²) in [6.45, 7) is 9.68. The molecular weight excluding hydrogens is 318 g/mol. The van der Waals surface area contributed by atoms with E-state index in [-0.39, 0.29) is 12.1 Å². The SMILES string of the molecule is CCNC(=O)N1CCN(C(C)c2nnc(-c3ccc(C)cc3)o2)CC1. The van der Waals surface area contributed by atoms with E-state index < -0.39 is 0 Å². The van der Waals surface area contributed by atoms with Crippen LogP contribution in [0.25, 0.3) is 11.5 Å². The van der Waals surface area contributed by atoms with E-state index in [0.29, 0.717) is 31.4 Å². The zero-order chi connectivity index (χ0) is 17.8. The lowest BCUT2D eigenvalue weighted by Gasteiger charge is -2.36. The highest BCUT2D eigenvalue weighted by Crippen LogP contribution is 2.25. The van der Waals surface area contributed by atoms with Crippen LogP contribution in [0.4, 0.5) is 4.79 Å². The predicted octanol–water partition coefficient (Wildman–Crippen LogP) is 2.45. The molecule has 1 N–H and O–H groups in total. The highest BCUT2D eigenvalue weighted by atomic mass is 16.4. The number of hydrogen-bond donors (Lipinski definition) is 1. The zero-order valence-corrected chi connectivity index (χ0v) is 15.0. The van der Waals surface area contributed by atoms with Crippen LogP contribution in [0, 0.1) is 6.92 Å². The molecule has 7 nitrogen and oxygen atoms in total. The van der Waals surface area contributed by atoms with Gasteiger partial charge in [0.2, 0.25) is 11.8 Å². The maximum Gasteiger partial charge on any atom is 0.317 e. The maximum atomic E-state index is 11.9. The lowest BCUT2D eigenvalue weighted by atomic mass is 10.1. The summed E-state index contributed by atoms with van der Waals surface area (Å²) in [5.74, 6) is 1.16. The second-order valence-corrected chi connectivity index (χ2v) is 6.35. The Bertz CT molecular complexity index is 705. The molecule has 0 aliphatic carbocycles. The second kappa shape index (κ2) is 7.65. The Kier molecular flexibility index (Phi) is 5.33. The van der Waals surface area contributed by atoms with Crippen LogP contribution >= 0.6 is 0 Å². The molecule has 0 spiro atoms. The number of piperazine rings is 1. The molecule has 2 amide bonds. The number of aromatic nitrogens is 2. The zero-order valence-electron chi connectivity index (χ0n) is 15.0. The van der Waals surface area contributed by atoms with Gasteiger partial charge in [-0.1, -0.05) is 17.7 Å². The van der Waals surface area contributed by atoms with E-state index in [2.05, 4.69) is 27.3 Å². The third-order valence-corrected chi connectivity index (χ3v) is 4.57. The van der Waals surface area contributed by atoms with Gasteiger partial charge in [0.15, 0.2) is 0 Å². The van der Waals surface area contributed by atoms with Crippen molar-refractivity contribution in [1.29, 1.82) is 0 Å². The number of nitrogens with zero attached hydrogens (tertiary/aromatic N) is 4. The van der Waals surface area contributed by atoms with E-state index in [1.54, 1.807) is 0 Å². The van der Waals surface area contributed by atoms with E-state index in [1.165, 1.54) is 5.56 Å². The van der Waals surface area contributed by atoms with Gasteiger partial charge in [0.05, 0.1) is 6.04 Å². The van der Waals surface area contributed by atoms with E-state index >= 15 is 0 Å². The molecule has 1 fully saturated rings. The van der Waals surface area contributed by atoms with Crippen molar-refractivity contribution in [2.24, 2.45) is 0 Å². The van der Waals surface area contributed by atoms with Gasteiger partial charge in [-0.3, -0.25) is 4.90 Å². The minimum absolute atomic E-state index is 0.00857. The molecule has 7 heteroatoms. The molecule has 0 radical (unpaired) electrons. The maximum absolute atomic E-state index is 11.9. The Morgan fingerprint density at radius 1 is 1.20 bits per heavy atom. The van der Waals surface area contributed by atoms with Crippen LogP contribution in [0.15, 0.2) is 28.7 Å². The van der Waals surface area contributed by atoms with Gasteiger partial charge in [-0.2, -0.15) is 0 Å². The first-order valence-electron chi connectivity index (χ1n) is 8.75. The van der Waals surface area contributed by atoms with Crippen LogP contribution in [0.1, 0.15) is 31.3 Å². The van der Waals surface area contributed by atoms with Crippen molar-refractivity contribution in [2.75, 3.05) is 32.7 Å². The van der Waals surface area contributed by atoms with Crippen LogP contribution in [0.3, 0.4) is 0 Å². The average molecular weight is 343 g/mol. The number of amides is 2. The fourth-order valence-electron chi connectivity index (χ4n) is 2.95. The number of benzene rings is 1. The first kappa shape index (κ1) is 17.4. The summed E-state index contributed by atoms with van der Waals surface area (Å²) < 4.78 is 5.88. The molecule has 1 aromatic carbocycles. The van der Waals surface area contributed by atoms with Crippen molar-refractivity contribution in [3.63, 3.8) is 0 Å². The van der Waals surface area contributed by atoms with Crippen LogP contribution in [0.2, 0.25) is 0 Å². The lowest BCUT2D eigenvalue weighted by Crippen LogP contribution is -2.52. The molecule has 0 bridgehead atoms. The lowest BCUT2D eigenvalue weighted by molar-refractivity contribution is 0.104. The topological polar surface area (TPSA) is 74.5 Å². The van der Waals surface area contributed by atoms with Crippen molar-refractivity contribution < 1.29 is 9.21 Å². The summed E-state index contributed by atoms with van der Waals surface area (Å²) in [4.78, 5) is 16.0. The first-order chi connectivity index (χ1) is 12.1. The number of rotatable bonds is 4. The molecule has 1 atom stereocenters. The van der Waals surface area contributed by atoms with Crippen molar-refractivity contribution in [1.82, 2.24) is 25.3 Å². The summed E-state index contributed by atoms with van der Waals surface area (Å²) in [7, 11) is 0. The van der Waals surface area contributed by atoms with Crippen LogP contribution in [0.5, 0.6) is 0 Å². The second-order valence-electron chi connectivity index (χ2n) is 6.35. The number of carbonyl (C=O) groups is 1. The molecule has 2 heterocycles. The quantitative estimate of drug-likeness (QED) is 0.923. The number of aryl methyl sites for hydroxylation is 1. The first-order valence-corrected chi connectivity index (χ1v) is 8.75. The minimum Gasteiger partial charge on any atom is -0.419 e. The molecule has 1 aromatic heterocycles. The van der Waals surface area contributed by atoms with E-state index in [4.69, 9.17) is 4.42 Å². The summed E-state index contributed by atoms with van der Waals surface area (Å²) >= 11 is 0. The molecule has 1 unspecified atom stereocenters. The third-order valence-electron chi connectivity index (χ3n) is 4.57. The highest BCUT2D eigenvalue weighted by Gasteiger charge is 2.27. The molecule has 134 valence electrons. The van der Waals surface area contributed by atoms with Gasteiger partial charge in [-0.15, -0.1) is 10.2 Å². The van der Waals surface area contributed by atoms with Crippen molar-refractivity contribution >= 4 is 6.03 Å². The summed E-state index contributed by atoms with van der Waals surface area (Å²) in [5.41, 5.74) is 2.12. The van der Waals surface area contributed by atoms with Gasteiger partial charge >= 0.3 is 6.03 Å². The monoisotopic (exact) mass is 343 g/mol. The normalized spacial score (nSPS) is 16.7. The largest absolute Gasteiger partial charge is 0.419 e. The number of carbonyl (C=O) groups excluding carboxylic acids is 1. The Hall–Kier alpha value is -2.41. The van der Waals surface area contributed by atoms with Crippen LogP contribution in [-0.2, 0) is 0 Å². The smallest absolute Gasteiger partial charge is 0.317 e. The highest BCUT2D eigenvalue weighted by molar-refractivity contribution is 5.74. The van der Waals surface area contributed by atoms with E-state index in [1.807, 2.05) is 43.0 Å². The van der Waals surface area contributed by atoms with Gasteiger partial charge in [0, 0.05) is 38.3 Å². The van der Waals surface area contributed by atoms with E-state index in [9.17, 15) is 4.79 Å². The average Bonchev–Trinajstić information content (AvgIpc) is 3.12. The summed E-state index contributed by atoms with van der Waals surface area (Å²) in [6, 6.07) is 8.08. The third kappa shape index (κ3) is 3.99. The Balaban J connectivity index is 1.62. The van der Waals surface area contributed by atoms with Crippen LogP contribution in [-0.4, -0.2) is 58.8 Å². The summed E-state index contributed by atoms with van der Waals surface area (Å²) in [6.07, 6.45) is 0. The standard InChI is InChI=1S/C18H25N5O2/c1-4-19-18(24)23-11-9-22(10-12-23)14(3)16-20-21-17(25-16)15-7-5-13(2)6-8-15/h5-8,14H,4,9-12H2,1-3H3,(H,19,24). The molecule has 1 aliphatic rings. The molecule has 1 aliphatic heterocycles. The van der Waals surface area contributed by atoms with Gasteiger partial charge in [0.25, 0.3) is 0 Å². The Morgan fingerprint density at radius 2 is 1.88 bits per heavy atom. The number of hydrogen-bond acceptors (Lipinski definition) is 5. The van der Waals surface area contributed by atoms with Gasteiger partial charge in [-0.25, -0.2) is 4.79 Å². The molecule has 2 aromatic rings.